The average molecular weight is 253 g/mol. The lowest BCUT2D eigenvalue weighted by Gasteiger charge is -2.28. The standard InChI is InChI=1S/C13H19NO2S/c1-13(2)6-3-4-10(13)14-8-9-5-7-17-11(9)12(15)16/h5,7,10,14H,3-4,6,8H2,1-2H3,(H,15,16). The van der Waals surface area contributed by atoms with Gasteiger partial charge in [-0.2, -0.15) is 0 Å². The molecule has 1 unspecified atom stereocenters. The molecule has 1 fully saturated rings. The van der Waals surface area contributed by atoms with Crippen molar-refractivity contribution in [2.24, 2.45) is 5.41 Å². The van der Waals surface area contributed by atoms with Gasteiger partial charge in [0.05, 0.1) is 0 Å². The third-order valence-corrected chi connectivity index (χ3v) is 4.68. The van der Waals surface area contributed by atoms with Crippen LogP contribution in [-0.4, -0.2) is 17.1 Å². The fourth-order valence-corrected chi connectivity index (χ4v) is 3.36. The molecule has 3 nitrogen and oxygen atoms in total. The molecule has 1 aromatic heterocycles. The van der Waals surface area contributed by atoms with Crippen molar-refractivity contribution < 1.29 is 9.90 Å². The zero-order valence-electron chi connectivity index (χ0n) is 10.3. The second-order valence-electron chi connectivity index (χ2n) is 5.39. The molecule has 1 aliphatic carbocycles. The summed E-state index contributed by atoms with van der Waals surface area (Å²) in [6.07, 6.45) is 3.71. The van der Waals surface area contributed by atoms with Gasteiger partial charge >= 0.3 is 5.97 Å². The number of carboxylic acid groups (broad SMARTS) is 1. The number of thiophene rings is 1. The molecule has 0 radical (unpaired) electrons. The van der Waals surface area contributed by atoms with E-state index in [0.717, 1.165) is 5.56 Å². The van der Waals surface area contributed by atoms with Crippen LogP contribution < -0.4 is 5.32 Å². The van der Waals surface area contributed by atoms with Crippen molar-refractivity contribution in [1.29, 1.82) is 0 Å². The van der Waals surface area contributed by atoms with Crippen LogP contribution in [0, 0.1) is 5.41 Å². The molecule has 4 heteroatoms. The van der Waals surface area contributed by atoms with Gasteiger partial charge in [-0.05, 0) is 35.3 Å². The van der Waals surface area contributed by atoms with Crippen molar-refractivity contribution in [3.63, 3.8) is 0 Å². The van der Waals surface area contributed by atoms with Crippen LogP contribution in [0.25, 0.3) is 0 Å². The van der Waals surface area contributed by atoms with Crippen molar-refractivity contribution >= 4 is 17.3 Å². The van der Waals surface area contributed by atoms with Gasteiger partial charge in [0, 0.05) is 12.6 Å². The highest BCUT2D eigenvalue weighted by Crippen LogP contribution is 2.37. The maximum absolute atomic E-state index is 11.0. The van der Waals surface area contributed by atoms with Gasteiger partial charge in [-0.1, -0.05) is 20.3 Å². The van der Waals surface area contributed by atoms with Crippen LogP contribution in [0.1, 0.15) is 48.3 Å². The van der Waals surface area contributed by atoms with Crippen molar-refractivity contribution in [1.82, 2.24) is 5.32 Å². The summed E-state index contributed by atoms with van der Waals surface area (Å²) in [4.78, 5) is 11.5. The molecule has 0 spiro atoms. The Hall–Kier alpha value is -0.870. The Kier molecular flexibility index (Phi) is 3.54. The largest absolute Gasteiger partial charge is 0.477 e. The van der Waals surface area contributed by atoms with Crippen LogP contribution in [0.3, 0.4) is 0 Å². The zero-order chi connectivity index (χ0) is 12.5. The van der Waals surface area contributed by atoms with Crippen molar-refractivity contribution in [2.45, 2.75) is 45.7 Å². The van der Waals surface area contributed by atoms with Gasteiger partial charge in [-0.3, -0.25) is 0 Å². The van der Waals surface area contributed by atoms with Gasteiger partial charge in [0.1, 0.15) is 4.88 Å². The number of hydrogen-bond acceptors (Lipinski definition) is 3. The van der Waals surface area contributed by atoms with Crippen LogP contribution in [0.2, 0.25) is 0 Å². The molecular weight excluding hydrogens is 234 g/mol. The van der Waals surface area contributed by atoms with Crippen molar-refractivity contribution in [3.8, 4) is 0 Å². The Morgan fingerprint density at radius 3 is 3.00 bits per heavy atom. The number of aromatic carboxylic acids is 1. The molecular formula is C13H19NO2S. The summed E-state index contributed by atoms with van der Waals surface area (Å²) in [7, 11) is 0. The number of rotatable bonds is 4. The number of carbonyl (C=O) groups is 1. The first-order chi connectivity index (χ1) is 8.00. The Bertz CT molecular complexity index is 411. The lowest BCUT2D eigenvalue weighted by Crippen LogP contribution is -2.37. The minimum Gasteiger partial charge on any atom is -0.477 e. The van der Waals surface area contributed by atoms with Gasteiger partial charge in [-0.25, -0.2) is 4.79 Å². The summed E-state index contributed by atoms with van der Waals surface area (Å²) in [5.41, 5.74) is 1.24. The molecule has 1 saturated carbocycles. The van der Waals surface area contributed by atoms with E-state index in [9.17, 15) is 4.79 Å². The maximum Gasteiger partial charge on any atom is 0.346 e. The Labute approximate surface area is 106 Å². The molecule has 1 atom stereocenters. The lowest BCUT2D eigenvalue weighted by molar-refractivity contribution is 0.0701. The molecule has 0 amide bonds. The normalized spacial score (nSPS) is 22.8. The summed E-state index contributed by atoms with van der Waals surface area (Å²) in [5.74, 6) is -0.817. The van der Waals surface area contributed by atoms with Gasteiger partial charge < -0.3 is 10.4 Å². The van der Waals surface area contributed by atoms with E-state index >= 15 is 0 Å². The molecule has 94 valence electrons. The van der Waals surface area contributed by atoms with E-state index in [1.165, 1.54) is 30.6 Å². The second kappa shape index (κ2) is 4.78. The summed E-state index contributed by atoms with van der Waals surface area (Å²) in [6.45, 7) is 5.23. The lowest BCUT2D eigenvalue weighted by atomic mass is 9.87. The van der Waals surface area contributed by atoms with Crippen molar-refractivity contribution in [2.75, 3.05) is 0 Å². The topological polar surface area (TPSA) is 49.3 Å². The minimum absolute atomic E-state index is 0.333. The molecule has 0 aliphatic heterocycles. The van der Waals surface area contributed by atoms with Crippen LogP contribution in [0.5, 0.6) is 0 Å². The van der Waals surface area contributed by atoms with Crippen LogP contribution in [0.15, 0.2) is 11.4 Å². The Morgan fingerprint density at radius 1 is 1.65 bits per heavy atom. The molecule has 2 rings (SSSR count). The van der Waals surface area contributed by atoms with E-state index in [2.05, 4.69) is 19.2 Å². The van der Waals surface area contributed by atoms with Gasteiger partial charge in [0.25, 0.3) is 0 Å². The summed E-state index contributed by atoms with van der Waals surface area (Å²) in [5, 5.41) is 14.4. The smallest absolute Gasteiger partial charge is 0.346 e. The van der Waals surface area contributed by atoms with Crippen LogP contribution in [0.4, 0.5) is 0 Å². The van der Waals surface area contributed by atoms with E-state index in [1.54, 1.807) is 0 Å². The second-order valence-corrected chi connectivity index (χ2v) is 6.31. The number of carboxylic acids is 1. The molecule has 2 N–H and O–H groups in total. The summed E-state index contributed by atoms with van der Waals surface area (Å²) < 4.78 is 0. The quantitative estimate of drug-likeness (QED) is 0.866. The summed E-state index contributed by atoms with van der Waals surface area (Å²) >= 11 is 1.30. The monoisotopic (exact) mass is 253 g/mol. The van der Waals surface area contributed by atoms with Gasteiger partial charge in [0.2, 0.25) is 0 Å². The van der Waals surface area contributed by atoms with Crippen molar-refractivity contribution in [3.05, 3.63) is 21.9 Å². The molecule has 0 bridgehead atoms. The third-order valence-electron chi connectivity index (χ3n) is 3.74. The molecule has 0 aromatic carbocycles. The predicted octanol–water partition coefficient (Wildman–Crippen LogP) is 3.11. The Balaban J connectivity index is 1.98. The first-order valence-corrected chi connectivity index (χ1v) is 6.92. The van der Waals surface area contributed by atoms with Gasteiger partial charge in [0.15, 0.2) is 0 Å². The van der Waals surface area contributed by atoms with Gasteiger partial charge in [-0.15, -0.1) is 11.3 Å². The van der Waals surface area contributed by atoms with E-state index in [0.29, 0.717) is 22.9 Å². The van der Waals surface area contributed by atoms with Crippen LogP contribution >= 0.6 is 11.3 Å². The van der Waals surface area contributed by atoms with E-state index in [1.807, 2.05) is 11.4 Å². The summed E-state index contributed by atoms with van der Waals surface area (Å²) in [6, 6.07) is 2.41. The van der Waals surface area contributed by atoms with Crippen LogP contribution in [-0.2, 0) is 6.54 Å². The fourth-order valence-electron chi connectivity index (χ4n) is 2.60. The molecule has 1 aliphatic rings. The average Bonchev–Trinajstić information content (AvgIpc) is 2.81. The van der Waals surface area contributed by atoms with E-state index in [4.69, 9.17) is 5.11 Å². The first-order valence-electron chi connectivity index (χ1n) is 6.04. The molecule has 17 heavy (non-hydrogen) atoms. The molecule has 1 aromatic rings. The SMILES string of the molecule is CC1(C)CCCC1NCc1ccsc1C(=O)O. The number of hydrogen-bond donors (Lipinski definition) is 2. The first kappa shape index (κ1) is 12.6. The maximum atomic E-state index is 11.0. The third kappa shape index (κ3) is 2.69. The Morgan fingerprint density at radius 2 is 2.41 bits per heavy atom. The molecule has 0 saturated heterocycles. The van der Waals surface area contributed by atoms with E-state index < -0.39 is 5.97 Å². The highest BCUT2D eigenvalue weighted by Gasteiger charge is 2.33. The minimum atomic E-state index is -0.817. The zero-order valence-corrected chi connectivity index (χ0v) is 11.1. The highest BCUT2D eigenvalue weighted by molar-refractivity contribution is 7.12. The fraction of sp³-hybridized carbons (Fsp3) is 0.615. The predicted molar refractivity (Wildman–Crippen MR) is 69.5 cm³/mol. The van der Waals surface area contributed by atoms with E-state index in [-0.39, 0.29) is 0 Å². The highest BCUT2D eigenvalue weighted by atomic mass is 32.1. The molecule has 1 heterocycles. The number of nitrogens with one attached hydrogen (secondary N) is 1.